The fraction of sp³-hybridized carbons (Fsp3) is 0.957. The number of aliphatic carboxylic acids is 1. The fourth-order valence-electron chi connectivity index (χ4n) is 2.68. The van der Waals surface area contributed by atoms with Gasteiger partial charge in [-0.15, -0.1) is 0 Å². The predicted octanol–water partition coefficient (Wildman–Crippen LogP) is 4.63. The second kappa shape index (κ2) is 29.5. The molecule has 0 fully saturated rings. The average Bonchev–Trinajstić information content (AvgIpc) is 2.71. The quantitative estimate of drug-likeness (QED) is 0.218. The van der Waals surface area contributed by atoms with Gasteiger partial charge in [-0.3, -0.25) is 0 Å². The topological polar surface area (TPSA) is 124 Å². The van der Waals surface area contributed by atoms with Crippen LogP contribution in [0.25, 0.3) is 0 Å². The largest absolute Gasteiger partial charge is 0.479 e. The van der Waals surface area contributed by atoms with Crippen LogP contribution < -0.4 is 5.73 Å². The van der Waals surface area contributed by atoms with E-state index in [1.165, 1.54) is 103 Å². The van der Waals surface area contributed by atoms with Crippen molar-refractivity contribution in [2.45, 2.75) is 129 Å². The van der Waals surface area contributed by atoms with Gasteiger partial charge in [-0.2, -0.15) is 0 Å². The number of carbonyl (C=O) groups is 1. The molecule has 0 aromatic rings. The van der Waals surface area contributed by atoms with E-state index in [4.69, 9.17) is 26.2 Å². The van der Waals surface area contributed by atoms with Crippen molar-refractivity contribution in [3.63, 3.8) is 0 Å². The maximum absolute atomic E-state index is 9.45. The lowest BCUT2D eigenvalue weighted by Crippen LogP contribution is -2.19. The lowest BCUT2D eigenvalue weighted by molar-refractivity contribution is -0.145. The van der Waals surface area contributed by atoms with Crippen LogP contribution in [0.2, 0.25) is 0 Å². The van der Waals surface area contributed by atoms with Gasteiger partial charge in [0.2, 0.25) is 0 Å². The van der Waals surface area contributed by atoms with Gasteiger partial charge in [0.1, 0.15) is 6.10 Å². The van der Waals surface area contributed by atoms with E-state index in [2.05, 4.69) is 13.8 Å². The van der Waals surface area contributed by atoms with Crippen LogP contribution in [-0.2, 0) is 4.79 Å². The summed E-state index contributed by atoms with van der Waals surface area (Å²) in [6.07, 6.45) is 19.5. The Balaban J connectivity index is -0.000000556. The van der Waals surface area contributed by atoms with Crippen molar-refractivity contribution in [3.05, 3.63) is 0 Å². The summed E-state index contributed by atoms with van der Waals surface area (Å²) in [5, 5.41) is 31.0. The van der Waals surface area contributed by atoms with E-state index in [0.717, 1.165) is 0 Å². The van der Waals surface area contributed by atoms with Gasteiger partial charge in [0.05, 0.1) is 13.2 Å². The highest BCUT2D eigenvalue weighted by Crippen LogP contribution is 2.13. The zero-order valence-electron chi connectivity index (χ0n) is 19.4. The molecule has 2 atom stereocenters. The maximum Gasteiger partial charge on any atom is 0.332 e. The number of unbranched alkanes of at least 4 members (excludes halogenated alkanes) is 11. The minimum atomic E-state index is -1.23. The third-order valence-electron chi connectivity index (χ3n) is 4.56. The van der Waals surface area contributed by atoms with Crippen molar-refractivity contribution in [1.82, 2.24) is 0 Å². The smallest absolute Gasteiger partial charge is 0.332 e. The van der Waals surface area contributed by atoms with E-state index in [9.17, 15) is 4.79 Å². The van der Waals surface area contributed by atoms with Crippen LogP contribution in [0.4, 0.5) is 0 Å². The van der Waals surface area contributed by atoms with Crippen LogP contribution in [0.15, 0.2) is 0 Å². The SMILES string of the molecule is CC(O)C(=O)O.CCCCCCCCCCCCCC(N)CCCC.OCCO. The summed E-state index contributed by atoms with van der Waals surface area (Å²) >= 11 is 0. The first-order valence-corrected chi connectivity index (χ1v) is 11.7. The highest BCUT2D eigenvalue weighted by molar-refractivity contribution is 5.71. The van der Waals surface area contributed by atoms with Gasteiger partial charge in [-0.1, -0.05) is 97.3 Å². The van der Waals surface area contributed by atoms with E-state index in [-0.39, 0.29) is 13.2 Å². The molecule has 0 rings (SSSR count). The molecule has 0 spiro atoms. The van der Waals surface area contributed by atoms with Gasteiger partial charge in [0, 0.05) is 6.04 Å². The van der Waals surface area contributed by atoms with Crippen LogP contribution in [0.5, 0.6) is 0 Å². The van der Waals surface area contributed by atoms with E-state index in [1.807, 2.05) is 0 Å². The van der Waals surface area contributed by atoms with Gasteiger partial charge < -0.3 is 26.2 Å². The van der Waals surface area contributed by atoms with Crippen molar-refractivity contribution in [2.75, 3.05) is 13.2 Å². The average molecular weight is 422 g/mol. The number of aliphatic hydroxyl groups excluding tert-OH is 3. The summed E-state index contributed by atoms with van der Waals surface area (Å²) < 4.78 is 0. The third kappa shape index (κ3) is 38.5. The Labute approximate surface area is 179 Å². The summed E-state index contributed by atoms with van der Waals surface area (Å²) in [6.45, 7) is 5.48. The zero-order chi connectivity index (χ0) is 22.8. The second-order valence-electron chi connectivity index (χ2n) is 7.69. The van der Waals surface area contributed by atoms with E-state index < -0.39 is 12.1 Å². The maximum atomic E-state index is 9.45. The highest BCUT2D eigenvalue weighted by atomic mass is 16.4. The van der Waals surface area contributed by atoms with Crippen molar-refractivity contribution in [1.29, 1.82) is 0 Å². The van der Waals surface area contributed by atoms with Crippen molar-refractivity contribution in [2.24, 2.45) is 5.73 Å². The van der Waals surface area contributed by atoms with Gasteiger partial charge in [-0.25, -0.2) is 4.79 Å². The van der Waals surface area contributed by atoms with Crippen LogP contribution in [0.3, 0.4) is 0 Å². The first-order chi connectivity index (χ1) is 13.9. The summed E-state index contributed by atoms with van der Waals surface area (Å²) in [6, 6.07) is 0.471. The molecule has 0 bridgehead atoms. The lowest BCUT2D eigenvalue weighted by Gasteiger charge is -2.10. The van der Waals surface area contributed by atoms with Crippen molar-refractivity contribution < 1.29 is 25.2 Å². The van der Waals surface area contributed by atoms with Crippen LogP contribution in [-0.4, -0.2) is 51.8 Å². The molecule has 0 aromatic carbocycles. The van der Waals surface area contributed by atoms with Crippen molar-refractivity contribution >= 4 is 5.97 Å². The van der Waals surface area contributed by atoms with Gasteiger partial charge in [-0.05, 0) is 19.8 Å². The first kappa shape index (κ1) is 33.0. The van der Waals surface area contributed by atoms with Crippen molar-refractivity contribution in [3.8, 4) is 0 Å². The molecule has 6 N–H and O–H groups in total. The number of aliphatic hydroxyl groups is 3. The molecule has 0 aromatic heterocycles. The Kier molecular flexibility index (Phi) is 33.5. The highest BCUT2D eigenvalue weighted by Gasteiger charge is 2.02. The van der Waals surface area contributed by atoms with Gasteiger partial charge in [0.15, 0.2) is 0 Å². The lowest BCUT2D eigenvalue weighted by atomic mass is 10.0. The minimum Gasteiger partial charge on any atom is -0.479 e. The number of carboxylic acid groups (broad SMARTS) is 1. The molecule has 0 amide bonds. The molecule has 0 saturated carbocycles. The predicted molar refractivity (Wildman–Crippen MR) is 122 cm³/mol. The van der Waals surface area contributed by atoms with Gasteiger partial charge in [0.25, 0.3) is 0 Å². The molecule has 0 aliphatic carbocycles. The Hall–Kier alpha value is -0.690. The first-order valence-electron chi connectivity index (χ1n) is 11.7. The molecule has 2 unspecified atom stereocenters. The molecule has 0 radical (unpaired) electrons. The monoisotopic (exact) mass is 421 g/mol. The number of hydrogen-bond donors (Lipinski definition) is 5. The molecular weight excluding hydrogens is 370 g/mol. The zero-order valence-corrected chi connectivity index (χ0v) is 19.4. The van der Waals surface area contributed by atoms with E-state index >= 15 is 0 Å². The Morgan fingerprint density at radius 2 is 1.03 bits per heavy atom. The number of hydrogen-bond acceptors (Lipinski definition) is 5. The van der Waals surface area contributed by atoms with Gasteiger partial charge >= 0.3 is 5.97 Å². The standard InChI is InChI=1S/C18H39N.C3H6O3.C2H6O2/c1-3-5-7-8-9-10-11-12-13-14-15-17-18(19)16-6-4-2;1-2(4)3(5)6;3-1-2-4/h18H,3-17,19H2,1-2H3;2,4H,1H3,(H,5,6);3-4H,1-2H2. The van der Waals surface area contributed by atoms with Crippen LogP contribution in [0.1, 0.15) is 117 Å². The fourth-order valence-corrected chi connectivity index (χ4v) is 2.68. The number of nitrogens with two attached hydrogens (primary N) is 1. The molecule has 29 heavy (non-hydrogen) atoms. The molecule has 6 nitrogen and oxygen atoms in total. The molecule has 6 heteroatoms. The van der Waals surface area contributed by atoms with E-state index in [0.29, 0.717) is 6.04 Å². The second-order valence-corrected chi connectivity index (χ2v) is 7.69. The Bertz CT molecular complexity index is 299. The number of carboxylic acids is 1. The van der Waals surface area contributed by atoms with Crippen LogP contribution in [0, 0.1) is 0 Å². The molecule has 0 aliphatic heterocycles. The molecule has 0 aliphatic rings. The molecule has 0 saturated heterocycles. The molecule has 178 valence electrons. The molecule has 0 heterocycles. The Morgan fingerprint density at radius 1 is 0.724 bits per heavy atom. The minimum absolute atomic E-state index is 0.125. The molecular formula is C23H51NO5. The number of rotatable bonds is 17. The Morgan fingerprint density at radius 3 is 1.34 bits per heavy atom. The summed E-state index contributed by atoms with van der Waals surface area (Å²) in [4.78, 5) is 9.45. The summed E-state index contributed by atoms with van der Waals surface area (Å²) in [5.74, 6) is -1.19. The summed E-state index contributed by atoms with van der Waals surface area (Å²) in [7, 11) is 0. The van der Waals surface area contributed by atoms with E-state index in [1.54, 1.807) is 0 Å². The normalized spacial score (nSPS) is 12.2. The van der Waals surface area contributed by atoms with Crippen LogP contribution >= 0.6 is 0 Å². The summed E-state index contributed by atoms with van der Waals surface area (Å²) in [5.41, 5.74) is 6.08. The third-order valence-corrected chi connectivity index (χ3v) is 4.56.